The zero-order valence-corrected chi connectivity index (χ0v) is 17.5. The number of ether oxygens (including phenoxy) is 2. The second kappa shape index (κ2) is 10.1. The zero-order chi connectivity index (χ0) is 24.2. The van der Waals surface area contributed by atoms with Gasteiger partial charge in [-0.3, -0.25) is 4.79 Å². The molecule has 0 atom stereocenters. The van der Waals surface area contributed by atoms with Gasteiger partial charge in [-0.1, -0.05) is 0 Å². The molecule has 1 aromatic rings. The normalized spacial score (nSPS) is 18.2. The smallest absolute Gasteiger partial charge is 0.422 e. The highest BCUT2D eigenvalue weighted by molar-refractivity contribution is 5.96. The lowest BCUT2D eigenvalue weighted by Crippen LogP contribution is -2.42. The number of anilines is 2. The molecule has 0 aromatic heterocycles. The van der Waals surface area contributed by atoms with Gasteiger partial charge in [0.2, 0.25) is 5.91 Å². The summed E-state index contributed by atoms with van der Waals surface area (Å²) in [7, 11) is 0. The summed E-state index contributed by atoms with van der Waals surface area (Å²) in [4.78, 5) is 27.4. The first-order chi connectivity index (χ1) is 15.4. The van der Waals surface area contributed by atoms with Gasteiger partial charge in [-0.2, -0.15) is 26.3 Å². The maximum absolute atomic E-state index is 13.2. The van der Waals surface area contributed by atoms with Crippen LogP contribution in [0.1, 0.15) is 18.4 Å². The minimum Gasteiger partial charge on any atom is -0.440 e. The number of carbonyl (C=O) groups excluding carboxylic acids is 2. The third-order valence-corrected chi connectivity index (χ3v) is 5.42. The summed E-state index contributed by atoms with van der Waals surface area (Å²) in [6.07, 6.45) is -10.1. The maximum atomic E-state index is 13.2. The van der Waals surface area contributed by atoms with E-state index in [4.69, 9.17) is 4.74 Å². The van der Waals surface area contributed by atoms with E-state index in [0.29, 0.717) is 32.0 Å². The van der Waals surface area contributed by atoms with Crippen molar-refractivity contribution in [1.82, 2.24) is 4.90 Å². The number of likely N-dealkylation sites (tertiary alicyclic amines) is 1. The van der Waals surface area contributed by atoms with Crippen molar-refractivity contribution in [2.24, 2.45) is 5.92 Å². The van der Waals surface area contributed by atoms with Crippen LogP contribution in [0.5, 0.6) is 0 Å². The first-order valence-electron chi connectivity index (χ1n) is 10.3. The predicted octanol–water partition coefficient (Wildman–Crippen LogP) is 3.89. The molecule has 33 heavy (non-hydrogen) atoms. The molecular formula is C20H23F6N3O4. The number of benzene rings is 1. The van der Waals surface area contributed by atoms with Crippen LogP contribution in [0, 0.1) is 5.92 Å². The van der Waals surface area contributed by atoms with Crippen LogP contribution in [0.2, 0.25) is 0 Å². The molecule has 2 saturated heterocycles. The van der Waals surface area contributed by atoms with E-state index >= 15 is 0 Å². The van der Waals surface area contributed by atoms with Gasteiger partial charge in [0.1, 0.15) is 0 Å². The number of hydrogen-bond acceptors (Lipinski definition) is 5. The van der Waals surface area contributed by atoms with Crippen LogP contribution in [0.15, 0.2) is 18.2 Å². The van der Waals surface area contributed by atoms with Crippen LogP contribution in [0.25, 0.3) is 0 Å². The first kappa shape index (κ1) is 24.9. The molecule has 0 radical (unpaired) electrons. The van der Waals surface area contributed by atoms with Crippen molar-refractivity contribution in [3.8, 4) is 0 Å². The van der Waals surface area contributed by atoms with E-state index in [-0.39, 0.29) is 31.6 Å². The van der Waals surface area contributed by atoms with Crippen molar-refractivity contribution in [3.05, 3.63) is 23.8 Å². The van der Waals surface area contributed by atoms with E-state index in [0.717, 1.165) is 17.0 Å². The van der Waals surface area contributed by atoms with Crippen LogP contribution in [0.3, 0.4) is 0 Å². The average molecular weight is 483 g/mol. The first-order valence-corrected chi connectivity index (χ1v) is 10.3. The summed E-state index contributed by atoms with van der Waals surface area (Å²) >= 11 is 0. The summed E-state index contributed by atoms with van der Waals surface area (Å²) in [5, 5.41) is 2.57. The Morgan fingerprint density at radius 3 is 2.24 bits per heavy atom. The van der Waals surface area contributed by atoms with Gasteiger partial charge in [-0.15, -0.1) is 0 Å². The van der Waals surface area contributed by atoms with Crippen molar-refractivity contribution in [3.63, 3.8) is 0 Å². The Hall–Kier alpha value is -2.70. The second-order valence-electron chi connectivity index (χ2n) is 7.75. The molecule has 2 aliphatic heterocycles. The lowest BCUT2D eigenvalue weighted by atomic mass is 9.96. The number of morpholine rings is 1. The van der Waals surface area contributed by atoms with Gasteiger partial charge in [-0.05, 0) is 31.0 Å². The quantitative estimate of drug-likeness (QED) is 0.659. The van der Waals surface area contributed by atoms with Crippen LogP contribution in [-0.2, 0) is 20.4 Å². The van der Waals surface area contributed by atoms with Gasteiger partial charge in [0.25, 0.3) is 0 Å². The Kier molecular flexibility index (Phi) is 7.60. The minimum atomic E-state index is -4.64. The monoisotopic (exact) mass is 483 g/mol. The van der Waals surface area contributed by atoms with Crippen molar-refractivity contribution in [2.45, 2.75) is 25.2 Å². The van der Waals surface area contributed by atoms with Crippen molar-refractivity contribution < 1.29 is 45.4 Å². The SMILES string of the molecule is O=C(Nc1cc(C(F)(F)F)ccc1N1CCOCC1)C1CCN(C(=O)OCC(F)(F)F)CC1. The van der Waals surface area contributed by atoms with Crippen LogP contribution in [0.4, 0.5) is 42.5 Å². The zero-order valence-electron chi connectivity index (χ0n) is 17.5. The summed E-state index contributed by atoms with van der Waals surface area (Å²) in [5.74, 6) is -1.14. The van der Waals surface area contributed by atoms with Gasteiger partial charge in [0.05, 0.1) is 30.2 Å². The van der Waals surface area contributed by atoms with Gasteiger partial charge in [0.15, 0.2) is 6.61 Å². The second-order valence-corrected chi connectivity index (χ2v) is 7.75. The Bertz CT molecular complexity index is 847. The molecule has 3 rings (SSSR count). The van der Waals surface area contributed by atoms with E-state index in [1.165, 1.54) is 6.07 Å². The molecule has 7 nitrogen and oxygen atoms in total. The Morgan fingerprint density at radius 2 is 1.67 bits per heavy atom. The lowest BCUT2D eigenvalue weighted by Gasteiger charge is -2.32. The summed E-state index contributed by atoms with van der Waals surface area (Å²) in [6.45, 7) is -0.0125. The summed E-state index contributed by atoms with van der Waals surface area (Å²) < 4.78 is 85.7. The third kappa shape index (κ3) is 6.89. The van der Waals surface area contributed by atoms with Crippen molar-refractivity contribution >= 4 is 23.4 Å². The molecule has 0 spiro atoms. The molecule has 1 aromatic carbocycles. The lowest BCUT2D eigenvalue weighted by molar-refractivity contribution is -0.162. The molecule has 13 heteroatoms. The maximum Gasteiger partial charge on any atom is 0.422 e. The van der Waals surface area contributed by atoms with Crippen LogP contribution >= 0.6 is 0 Å². The summed E-state index contributed by atoms with van der Waals surface area (Å²) in [5.41, 5.74) is -0.450. The molecule has 2 aliphatic rings. The van der Waals surface area contributed by atoms with Gasteiger partial charge < -0.3 is 24.6 Å². The Labute approximate surface area is 185 Å². The number of nitrogens with zero attached hydrogens (tertiary/aromatic N) is 2. The molecule has 0 bridgehead atoms. The van der Waals surface area contributed by atoms with E-state index < -0.39 is 42.4 Å². The molecule has 2 fully saturated rings. The Balaban J connectivity index is 1.65. The molecule has 184 valence electrons. The van der Waals surface area contributed by atoms with E-state index in [2.05, 4.69) is 10.1 Å². The van der Waals surface area contributed by atoms with Gasteiger partial charge in [0, 0.05) is 32.1 Å². The van der Waals surface area contributed by atoms with Gasteiger partial charge >= 0.3 is 18.4 Å². The third-order valence-electron chi connectivity index (χ3n) is 5.42. The van der Waals surface area contributed by atoms with E-state index in [9.17, 15) is 35.9 Å². The number of nitrogens with one attached hydrogen (secondary N) is 1. The molecule has 0 saturated carbocycles. The molecule has 1 N–H and O–H groups in total. The largest absolute Gasteiger partial charge is 0.440 e. The topological polar surface area (TPSA) is 71.1 Å². The van der Waals surface area contributed by atoms with E-state index in [1.807, 2.05) is 4.90 Å². The van der Waals surface area contributed by atoms with Gasteiger partial charge in [-0.25, -0.2) is 4.79 Å². The molecule has 0 unspecified atom stereocenters. The molecular weight excluding hydrogens is 460 g/mol. The number of hydrogen-bond donors (Lipinski definition) is 1. The molecule has 2 heterocycles. The molecule has 2 amide bonds. The standard InChI is InChI=1S/C20H23F6N3O4/c21-19(22,23)12-33-18(31)29-5-3-13(4-6-29)17(30)27-15-11-14(20(24,25)26)1-2-16(15)28-7-9-32-10-8-28/h1-2,11,13H,3-10,12H2,(H,27,30). The van der Waals surface area contributed by atoms with Crippen molar-refractivity contribution in [2.75, 3.05) is 56.2 Å². The molecule has 0 aliphatic carbocycles. The number of rotatable bonds is 4. The highest BCUT2D eigenvalue weighted by Crippen LogP contribution is 2.36. The van der Waals surface area contributed by atoms with E-state index in [1.54, 1.807) is 0 Å². The van der Waals surface area contributed by atoms with Crippen LogP contribution < -0.4 is 10.2 Å². The fourth-order valence-corrected chi connectivity index (χ4v) is 3.69. The fourth-order valence-electron chi connectivity index (χ4n) is 3.69. The van der Waals surface area contributed by atoms with Crippen LogP contribution in [-0.4, -0.2) is 69.1 Å². The number of halogens is 6. The summed E-state index contributed by atoms with van der Waals surface area (Å²) in [6, 6.07) is 3.14. The average Bonchev–Trinajstić information content (AvgIpc) is 2.77. The fraction of sp³-hybridized carbons (Fsp3) is 0.600. The number of carbonyl (C=O) groups is 2. The highest BCUT2D eigenvalue weighted by Gasteiger charge is 2.34. The van der Waals surface area contributed by atoms with Crippen molar-refractivity contribution in [1.29, 1.82) is 0 Å². The minimum absolute atomic E-state index is 0.00626. The predicted molar refractivity (Wildman–Crippen MR) is 105 cm³/mol. The number of piperidine rings is 1. The number of alkyl halides is 6. The highest BCUT2D eigenvalue weighted by atomic mass is 19.4. The Morgan fingerprint density at radius 1 is 1.03 bits per heavy atom. The number of amides is 2.